The van der Waals surface area contributed by atoms with Crippen LogP contribution in [0.25, 0.3) is 0 Å². The third kappa shape index (κ3) is 4.93. The highest BCUT2D eigenvalue weighted by molar-refractivity contribution is 14.1. The Morgan fingerprint density at radius 3 is 2.33 bits per heavy atom. The number of esters is 1. The summed E-state index contributed by atoms with van der Waals surface area (Å²) in [7, 11) is 0. The van der Waals surface area contributed by atoms with Crippen LogP contribution >= 0.6 is 22.6 Å². The van der Waals surface area contributed by atoms with Crippen molar-refractivity contribution in [2.45, 2.75) is 19.4 Å². The van der Waals surface area contributed by atoms with Gasteiger partial charge in [0, 0.05) is 9.26 Å². The number of rotatable bonds is 6. The Balaban J connectivity index is 1.83. The average molecular weight is 554 g/mol. The summed E-state index contributed by atoms with van der Waals surface area (Å²) in [4.78, 5) is 43.0. The monoisotopic (exact) mass is 554 g/mol. The van der Waals surface area contributed by atoms with Crippen LogP contribution in [0.1, 0.15) is 35.3 Å². The number of hydrogen-bond acceptors (Lipinski definition) is 4. The molecule has 0 aromatic heterocycles. The molecule has 0 aliphatic carbocycles. The third-order valence-electron chi connectivity index (χ3n) is 5.49. The fourth-order valence-electron chi connectivity index (χ4n) is 4.02. The summed E-state index contributed by atoms with van der Waals surface area (Å²) in [6.07, 6.45) is -0.0402. The number of para-hydroxylation sites is 1. The van der Waals surface area contributed by atoms with Crippen LogP contribution in [-0.2, 0) is 14.3 Å². The Labute approximate surface area is 206 Å². The van der Waals surface area contributed by atoms with Crippen LogP contribution in [-0.4, -0.2) is 35.8 Å². The van der Waals surface area contributed by atoms with Crippen molar-refractivity contribution in [1.29, 1.82) is 0 Å². The number of nitrogens with zero attached hydrogens (tertiary/aromatic N) is 2. The average Bonchev–Trinajstić information content (AvgIpc) is 2.93. The first-order valence-corrected chi connectivity index (χ1v) is 11.8. The van der Waals surface area contributed by atoms with Crippen LogP contribution in [0, 0.1) is 3.57 Å². The smallest absolute Gasteiger partial charge is 0.308 e. The van der Waals surface area contributed by atoms with Crippen LogP contribution in [0.15, 0.2) is 78.9 Å². The topological polar surface area (TPSA) is 66.9 Å². The Kier molecular flexibility index (Phi) is 7.08. The van der Waals surface area contributed by atoms with E-state index in [2.05, 4.69) is 22.6 Å². The number of fused-ring (bicyclic) bond motifs is 1. The van der Waals surface area contributed by atoms with E-state index in [0.717, 1.165) is 9.13 Å². The number of carbonyl (C=O) groups excluding carboxylic acids is 3. The summed E-state index contributed by atoms with van der Waals surface area (Å²) in [5.41, 5.74) is 2.40. The van der Waals surface area contributed by atoms with Crippen molar-refractivity contribution in [1.82, 2.24) is 4.90 Å². The molecule has 0 saturated heterocycles. The molecule has 0 spiro atoms. The molecule has 2 amide bonds. The van der Waals surface area contributed by atoms with E-state index >= 15 is 0 Å². The van der Waals surface area contributed by atoms with E-state index in [0.29, 0.717) is 16.9 Å². The van der Waals surface area contributed by atoms with E-state index in [9.17, 15) is 14.4 Å². The fraction of sp³-hybridized carbons (Fsp3) is 0.192. The van der Waals surface area contributed by atoms with Gasteiger partial charge in [-0.15, -0.1) is 0 Å². The maximum atomic E-state index is 13.9. The third-order valence-corrected chi connectivity index (χ3v) is 6.16. The molecule has 0 radical (unpaired) electrons. The molecule has 1 atom stereocenters. The summed E-state index contributed by atoms with van der Waals surface area (Å²) < 4.78 is 6.06. The molecule has 0 N–H and O–H groups in total. The van der Waals surface area contributed by atoms with Crippen molar-refractivity contribution in [3.05, 3.63) is 93.6 Å². The Hall–Kier alpha value is -3.20. The standard InChI is InChI=1S/C26H23IN2O4/c1-2-33-25(31)16-23(18-9-5-3-6-10-18)28-17-24(30)29(20-11-7-4-8-12-20)22-14-13-19(27)15-21(22)26(28)32/h3-15,23H,2,16-17H2,1H3. The molecular weight excluding hydrogens is 531 g/mol. The van der Waals surface area contributed by atoms with Gasteiger partial charge in [-0.1, -0.05) is 48.5 Å². The van der Waals surface area contributed by atoms with Gasteiger partial charge in [0.05, 0.1) is 30.3 Å². The van der Waals surface area contributed by atoms with Gasteiger partial charge in [0.1, 0.15) is 6.54 Å². The Bertz CT molecular complexity index is 1170. The van der Waals surface area contributed by atoms with Crippen molar-refractivity contribution in [3.63, 3.8) is 0 Å². The van der Waals surface area contributed by atoms with Gasteiger partial charge in [-0.05, 0) is 65.4 Å². The molecule has 0 saturated carbocycles. The fourth-order valence-corrected chi connectivity index (χ4v) is 4.52. The highest BCUT2D eigenvalue weighted by atomic mass is 127. The predicted molar refractivity (Wildman–Crippen MR) is 134 cm³/mol. The molecule has 1 heterocycles. The molecule has 1 aliphatic rings. The Morgan fingerprint density at radius 1 is 1.00 bits per heavy atom. The first-order valence-electron chi connectivity index (χ1n) is 10.7. The SMILES string of the molecule is CCOC(=O)CC(c1ccccc1)N1CC(=O)N(c2ccccc2)c2ccc(I)cc2C1=O. The second-order valence-corrected chi connectivity index (χ2v) is 8.84. The van der Waals surface area contributed by atoms with Gasteiger partial charge in [0.15, 0.2) is 0 Å². The van der Waals surface area contributed by atoms with Gasteiger partial charge in [-0.3, -0.25) is 19.3 Å². The van der Waals surface area contributed by atoms with Gasteiger partial charge in [0.2, 0.25) is 0 Å². The minimum atomic E-state index is -0.636. The summed E-state index contributed by atoms with van der Waals surface area (Å²) in [6, 6.07) is 23.4. The van der Waals surface area contributed by atoms with Crippen LogP contribution < -0.4 is 4.90 Å². The number of ether oxygens (including phenoxy) is 1. The zero-order valence-electron chi connectivity index (χ0n) is 18.1. The lowest BCUT2D eigenvalue weighted by Crippen LogP contribution is -2.41. The summed E-state index contributed by atoms with van der Waals surface area (Å²) >= 11 is 2.15. The van der Waals surface area contributed by atoms with Crippen LogP contribution in [0.4, 0.5) is 11.4 Å². The van der Waals surface area contributed by atoms with E-state index in [4.69, 9.17) is 4.74 Å². The number of benzene rings is 3. The molecule has 1 unspecified atom stereocenters. The maximum absolute atomic E-state index is 13.9. The largest absolute Gasteiger partial charge is 0.466 e. The number of anilines is 2. The van der Waals surface area contributed by atoms with E-state index in [1.165, 1.54) is 4.90 Å². The molecule has 0 fully saturated rings. The van der Waals surface area contributed by atoms with E-state index in [-0.39, 0.29) is 31.4 Å². The van der Waals surface area contributed by atoms with Gasteiger partial charge < -0.3 is 9.64 Å². The van der Waals surface area contributed by atoms with E-state index in [1.54, 1.807) is 24.0 Å². The lowest BCUT2D eigenvalue weighted by atomic mass is 10.0. The predicted octanol–water partition coefficient (Wildman–Crippen LogP) is 5.11. The zero-order valence-corrected chi connectivity index (χ0v) is 20.3. The minimum absolute atomic E-state index is 0.0402. The van der Waals surface area contributed by atoms with Gasteiger partial charge in [-0.2, -0.15) is 0 Å². The summed E-state index contributed by atoms with van der Waals surface area (Å²) in [5.74, 6) is -0.966. The molecule has 3 aromatic carbocycles. The normalized spacial score (nSPS) is 14.5. The molecule has 4 rings (SSSR count). The van der Waals surface area contributed by atoms with Gasteiger partial charge >= 0.3 is 5.97 Å². The summed E-state index contributed by atoms with van der Waals surface area (Å²) in [6.45, 7) is 1.82. The van der Waals surface area contributed by atoms with Crippen molar-refractivity contribution >= 4 is 51.7 Å². The second-order valence-electron chi connectivity index (χ2n) is 7.59. The quantitative estimate of drug-likeness (QED) is 0.314. The number of amides is 2. The summed E-state index contributed by atoms with van der Waals surface area (Å²) in [5, 5.41) is 0. The first kappa shape index (κ1) is 23.0. The highest BCUT2D eigenvalue weighted by Gasteiger charge is 2.37. The second kappa shape index (κ2) is 10.2. The minimum Gasteiger partial charge on any atom is -0.466 e. The number of hydrogen-bond donors (Lipinski definition) is 0. The molecular formula is C26H23IN2O4. The van der Waals surface area contributed by atoms with E-state index in [1.807, 2.05) is 66.7 Å². The lowest BCUT2D eigenvalue weighted by Gasteiger charge is -2.30. The van der Waals surface area contributed by atoms with Crippen molar-refractivity contribution < 1.29 is 19.1 Å². The van der Waals surface area contributed by atoms with Crippen LogP contribution in [0.2, 0.25) is 0 Å². The van der Waals surface area contributed by atoms with Crippen molar-refractivity contribution in [2.75, 3.05) is 18.1 Å². The highest BCUT2D eigenvalue weighted by Crippen LogP contribution is 2.36. The Morgan fingerprint density at radius 2 is 1.67 bits per heavy atom. The molecule has 6 nitrogen and oxygen atoms in total. The van der Waals surface area contributed by atoms with Crippen LogP contribution in [0.5, 0.6) is 0 Å². The van der Waals surface area contributed by atoms with Crippen LogP contribution in [0.3, 0.4) is 0 Å². The molecule has 7 heteroatoms. The van der Waals surface area contributed by atoms with E-state index < -0.39 is 12.0 Å². The molecule has 168 valence electrons. The lowest BCUT2D eigenvalue weighted by molar-refractivity contribution is -0.144. The van der Waals surface area contributed by atoms with Crippen molar-refractivity contribution in [2.24, 2.45) is 0 Å². The zero-order chi connectivity index (χ0) is 23.4. The number of carbonyl (C=O) groups is 3. The molecule has 0 bridgehead atoms. The number of halogens is 1. The van der Waals surface area contributed by atoms with Gasteiger partial charge in [-0.25, -0.2) is 0 Å². The molecule has 1 aliphatic heterocycles. The maximum Gasteiger partial charge on any atom is 0.308 e. The van der Waals surface area contributed by atoms with Crippen molar-refractivity contribution in [3.8, 4) is 0 Å². The molecule has 3 aromatic rings. The first-order chi connectivity index (χ1) is 16.0. The molecule has 33 heavy (non-hydrogen) atoms. The van der Waals surface area contributed by atoms with Gasteiger partial charge in [0.25, 0.3) is 11.8 Å².